The maximum Gasteiger partial charge on any atom is 0.390 e. The molecule has 140 valence electrons. The predicted octanol–water partition coefficient (Wildman–Crippen LogP) is 2.69. The number of aromatic nitrogens is 5. The lowest BCUT2D eigenvalue weighted by molar-refractivity contribution is -0.389. The first-order valence-electron chi connectivity index (χ1n) is 7.64. The average molecular weight is 410 g/mol. The Morgan fingerprint density at radius 1 is 1.26 bits per heavy atom. The minimum atomic E-state index is -0.617. The zero-order chi connectivity index (χ0) is 19.6. The number of nitrogens with one attached hydrogen (secondary N) is 1. The standard InChI is InChI=1S/C15H13Cl2N7O3/c1-9-4-13(24(26)27)20-23(9)7-14(25)19-15-18-8-22(21-15)6-10-2-3-11(16)12(17)5-10/h2-5,8H,6-7H2,1H3,(H,19,21,25). The molecule has 0 spiro atoms. The van der Waals surface area contributed by atoms with Crippen molar-refractivity contribution in [2.75, 3.05) is 5.32 Å². The van der Waals surface area contributed by atoms with E-state index in [2.05, 4.69) is 20.5 Å². The number of aryl methyl sites for hydroxylation is 1. The molecule has 0 aliphatic rings. The van der Waals surface area contributed by atoms with Gasteiger partial charge in [-0.2, -0.15) is 4.68 Å². The molecule has 1 aromatic carbocycles. The van der Waals surface area contributed by atoms with E-state index in [1.807, 2.05) is 6.07 Å². The van der Waals surface area contributed by atoms with Gasteiger partial charge in [0.25, 0.3) is 5.91 Å². The van der Waals surface area contributed by atoms with Gasteiger partial charge in [0.15, 0.2) is 0 Å². The van der Waals surface area contributed by atoms with Crippen molar-refractivity contribution >= 4 is 40.9 Å². The Morgan fingerprint density at radius 2 is 2.04 bits per heavy atom. The summed E-state index contributed by atoms with van der Waals surface area (Å²) in [6.07, 6.45) is 1.46. The molecule has 12 heteroatoms. The lowest BCUT2D eigenvalue weighted by Crippen LogP contribution is -2.21. The quantitative estimate of drug-likeness (QED) is 0.493. The smallest absolute Gasteiger partial charge is 0.358 e. The van der Waals surface area contributed by atoms with E-state index in [0.29, 0.717) is 22.3 Å². The van der Waals surface area contributed by atoms with Crippen LogP contribution in [-0.4, -0.2) is 35.4 Å². The number of amides is 1. The summed E-state index contributed by atoms with van der Waals surface area (Å²) in [6, 6.07) is 6.50. The van der Waals surface area contributed by atoms with Crippen molar-refractivity contribution in [2.24, 2.45) is 0 Å². The first-order valence-corrected chi connectivity index (χ1v) is 8.39. The molecular weight excluding hydrogens is 397 g/mol. The fraction of sp³-hybridized carbons (Fsp3) is 0.200. The molecule has 3 rings (SSSR count). The molecule has 27 heavy (non-hydrogen) atoms. The summed E-state index contributed by atoms with van der Waals surface area (Å²) in [6.45, 7) is 1.82. The van der Waals surface area contributed by atoms with Gasteiger partial charge in [0.05, 0.1) is 33.4 Å². The molecule has 0 aliphatic carbocycles. The third-order valence-electron chi connectivity index (χ3n) is 3.57. The molecule has 0 radical (unpaired) electrons. The van der Waals surface area contributed by atoms with Crippen molar-refractivity contribution in [1.29, 1.82) is 0 Å². The van der Waals surface area contributed by atoms with Crippen LogP contribution in [0.2, 0.25) is 10.0 Å². The molecule has 10 nitrogen and oxygen atoms in total. The molecule has 0 atom stereocenters. The Kier molecular flexibility index (Phi) is 5.38. The number of halogens is 2. The second-order valence-corrected chi connectivity index (χ2v) is 6.44. The summed E-state index contributed by atoms with van der Waals surface area (Å²) in [7, 11) is 0. The summed E-state index contributed by atoms with van der Waals surface area (Å²) in [5.74, 6) is -0.660. The molecule has 0 bridgehead atoms. The Labute approximate surface area is 162 Å². The Bertz CT molecular complexity index is 1010. The summed E-state index contributed by atoms with van der Waals surface area (Å²) in [5.41, 5.74) is 1.36. The summed E-state index contributed by atoms with van der Waals surface area (Å²) in [4.78, 5) is 26.2. The molecule has 0 saturated heterocycles. The Balaban J connectivity index is 1.62. The highest BCUT2D eigenvalue weighted by Gasteiger charge is 2.18. The van der Waals surface area contributed by atoms with Gasteiger partial charge in [0.2, 0.25) is 5.95 Å². The Morgan fingerprint density at radius 3 is 2.70 bits per heavy atom. The number of anilines is 1. The van der Waals surface area contributed by atoms with Gasteiger partial charge in [-0.05, 0) is 29.5 Å². The monoisotopic (exact) mass is 409 g/mol. The van der Waals surface area contributed by atoms with Crippen LogP contribution in [0.4, 0.5) is 11.8 Å². The molecule has 1 N–H and O–H groups in total. The number of rotatable bonds is 6. The number of hydrogen-bond acceptors (Lipinski definition) is 6. The van der Waals surface area contributed by atoms with Crippen LogP contribution in [0.1, 0.15) is 11.3 Å². The van der Waals surface area contributed by atoms with Crippen LogP contribution >= 0.6 is 23.2 Å². The van der Waals surface area contributed by atoms with E-state index >= 15 is 0 Å². The van der Waals surface area contributed by atoms with Gasteiger partial charge in [-0.25, -0.2) is 9.67 Å². The number of carbonyl (C=O) groups excluding carboxylic acids is 1. The zero-order valence-corrected chi connectivity index (χ0v) is 15.5. The van der Waals surface area contributed by atoms with Crippen molar-refractivity contribution in [2.45, 2.75) is 20.0 Å². The lowest BCUT2D eigenvalue weighted by Gasteiger charge is -2.03. The molecular formula is C15H13Cl2N7O3. The first kappa shape index (κ1) is 18.8. The van der Waals surface area contributed by atoms with Gasteiger partial charge in [0.1, 0.15) is 12.9 Å². The van der Waals surface area contributed by atoms with Crippen LogP contribution in [0.25, 0.3) is 0 Å². The zero-order valence-electron chi connectivity index (χ0n) is 14.0. The minimum absolute atomic E-state index is 0.111. The van der Waals surface area contributed by atoms with E-state index in [9.17, 15) is 14.9 Å². The fourth-order valence-electron chi connectivity index (χ4n) is 2.30. The van der Waals surface area contributed by atoms with Crippen molar-refractivity contribution in [1.82, 2.24) is 24.5 Å². The van der Waals surface area contributed by atoms with E-state index in [-0.39, 0.29) is 18.3 Å². The van der Waals surface area contributed by atoms with Crippen molar-refractivity contribution < 1.29 is 9.72 Å². The maximum absolute atomic E-state index is 12.1. The highest BCUT2D eigenvalue weighted by molar-refractivity contribution is 6.42. The highest BCUT2D eigenvalue weighted by atomic mass is 35.5. The Hall–Kier alpha value is -2.98. The molecule has 0 aliphatic heterocycles. The van der Waals surface area contributed by atoms with Gasteiger partial charge >= 0.3 is 5.82 Å². The molecule has 2 aromatic heterocycles. The third kappa shape index (κ3) is 4.60. The van der Waals surface area contributed by atoms with Crippen molar-refractivity contribution in [3.63, 3.8) is 0 Å². The van der Waals surface area contributed by atoms with Gasteiger partial charge in [-0.15, -0.1) is 5.10 Å². The first-order chi connectivity index (χ1) is 12.8. The van der Waals surface area contributed by atoms with E-state index in [1.54, 1.807) is 19.1 Å². The normalized spacial score (nSPS) is 10.8. The van der Waals surface area contributed by atoms with Crippen LogP contribution < -0.4 is 5.32 Å². The highest BCUT2D eigenvalue weighted by Crippen LogP contribution is 2.22. The summed E-state index contributed by atoms with van der Waals surface area (Å²) < 4.78 is 2.76. The molecule has 0 unspecified atom stereocenters. The summed E-state index contributed by atoms with van der Waals surface area (Å²) >= 11 is 11.9. The topological polar surface area (TPSA) is 121 Å². The van der Waals surface area contributed by atoms with Gasteiger partial charge < -0.3 is 10.1 Å². The van der Waals surface area contributed by atoms with Gasteiger partial charge in [-0.1, -0.05) is 29.3 Å². The molecule has 3 aromatic rings. The average Bonchev–Trinajstić information content (AvgIpc) is 3.18. The van der Waals surface area contributed by atoms with Crippen molar-refractivity contribution in [3.05, 3.63) is 62.0 Å². The van der Waals surface area contributed by atoms with Crippen LogP contribution in [0.15, 0.2) is 30.6 Å². The van der Waals surface area contributed by atoms with Gasteiger partial charge in [0, 0.05) is 0 Å². The maximum atomic E-state index is 12.1. The molecule has 0 saturated carbocycles. The van der Waals surface area contributed by atoms with E-state index in [0.717, 1.165) is 5.56 Å². The molecule has 0 fully saturated rings. The third-order valence-corrected chi connectivity index (χ3v) is 4.30. The minimum Gasteiger partial charge on any atom is -0.358 e. The SMILES string of the molecule is Cc1cc([N+](=O)[O-])nn1CC(=O)Nc1ncn(Cc2ccc(Cl)c(Cl)c2)n1. The number of nitro groups is 1. The second-order valence-electron chi connectivity index (χ2n) is 5.62. The second kappa shape index (κ2) is 7.72. The van der Waals surface area contributed by atoms with E-state index in [1.165, 1.54) is 21.8 Å². The predicted molar refractivity (Wildman–Crippen MR) is 97.8 cm³/mol. The molecule has 2 heterocycles. The van der Waals surface area contributed by atoms with Gasteiger partial charge in [-0.3, -0.25) is 10.1 Å². The van der Waals surface area contributed by atoms with E-state index < -0.39 is 10.8 Å². The number of carbonyl (C=O) groups is 1. The van der Waals surface area contributed by atoms with Crippen LogP contribution in [-0.2, 0) is 17.9 Å². The van der Waals surface area contributed by atoms with Crippen LogP contribution in [0.3, 0.4) is 0 Å². The largest absolute Gasteiger partial charge is 0.390 e. The summed E-state index contributed by atoms with van der Waals surface area (Å²) in [5, 5.41) is 22.1. The van der Waals surface area contributed by atoms with E-state index in [4.69, 9.17) is 23.2 Å². The fourth-order valence-corrected chi connectivity index (χ4v) is 2.62. The van der Waals surface area contributed by atoms with Crippen LogP contribution in [0.5, 0.6) is 0 Å². The number of hydrogen-bond donors (Lipinski definition) is 1. The number of nitrogens with zero attached hydrogens (tertiary/aromatic N) is 6. The van der Waals surface area contributed by atoms with Crippen molar-refractivity contribution in [3.8, 4) is 0 Å². The lowest BCUT2D eigenvalue weighted by atomic mass is 10.2. The molecule has 1 amide bonds. The van der Waals surface area contributed by atoms with Crippen LogP contribution in [0, 0.1) is 17.0 Å². The number of benzene rings is 1.